The lowest BCUT2D eigenvalue weighted by molar-refractivity contribution is 0.0730. The molecular weight excluding hydrogens is 484 g/mol. The largest absolute Gasteiger partial charge is 0.379 e. The first-order chi connectivity index (χ1) is 16.9. The first-order valence-electron chi connectivity index (χ1n) is 11.6. The van der Waals surface area contributed by atoms with Crippen molar-refractivity contribution < 1.29 is 17.9 Å². The number of rotatable bonds is 6. The summed E-state index contributed by atoms with van der Waals surface area (Å²) in [4.78, 5) is 21.4. The molecule has 0 atom stereocenters. The van der Waals surface area contributed by atoms with Gasteiger partial charge in [0.25, 0.3) is 5.91 Å². The minimum absolute atomic E-state index is 0.116. The van der Waals surface area contributed by atoms with E-state index in [0.29, 0.717) is 42.6 Å². The Morgan fingerprint density at radius 1 is 1.11 bits per heavy atom. The molecule has 0 unspecified atom stereocenters. The molecule has 0 bridgehead atoms. The number of thiazole rings is 1. The van der Waals surface area contributed by atoms with E-state index in [0.717, 1.165) is 36.6 Å². The highest BCUT2D eigenvalue weighted by molar-refractivity contribution is 7.89. The van der Waals surface area contributed by atoms with Gasteiger partial charge in [-0.05, 0) is 30.2 Å². The van der Waals surface area contributed by atoms with E-state index in [1.54, 1.807) is 19.1 Å². The molecule has 35 heavy (non-hydrogen) atoms. The third kappa shape index (κ3) is 5.31. The fourth-order valence-electron chi connectivity index (χ4n) is 4.39. The summed E-state index contributed by atoms with van der Waals surface area (Å²) in [7, 11) is -3.69. The Balaban J connectivity index is 1.30. The zero-order chi connectivity index (χ0) is 24.4. The lowest BCUT2D eigenvalue weighted by Crippen LogP contribution is -2.40. The molecule has 3 heterocycles. The van der Waals surface area contributed by atoms with Crippen molar-refractivity contribution in [1.29, 1.82) is 0 Å². The molecule has 1 aromatic heterocycles. The van der Waals surface area contributed by atoms with Gasteiger partial charge in [0.2, 0.25) is 10.0 Å². The van der Waals surface area contributed by atoms with Gasteiger partial charge in [0.05, 0.1) is 23.8 Å². The number of morpholine rings is 1. The summed E-state index contributed by atoms with van der Waals surface area (Å²) < 4.78 is 32.8. The van der Waals surface area contributed by atoms with E-state index in [2.05, 4.69) is 27.3 Å². The average molecular weight is 513 g/mol. The highest BCUT2D eigenvalue weighted by Gasteiger charge is 2.28. The number of fused-ring (bicyclic) bond motifs is 1. The number of amides is 1. The number of aromatic nitrogens is 1. The normalized spacial score (nSPS) is 17.2. The van der Waals surface area contributed by atoms with Crippen molar-refractivity contribution in [3.05, 3.63) is 75.8 Å². The molecule has 8 nitrogen and oxygen atoms in total. The van der Waals surface area contributed by atoms with Gasteiger partial charge in [0.15, 0.2) is 5.13 Å². The standard InChI is InChI=1S/C25H28N4O4S2/c1-18-7-8-20(35(31,32)29-11-13-33-14-12-29)15-21(18)24(30)27-25-26-22-9-10-28(17-23(22)34-25)16-19-5-3-2-4-6-19/h2-8,15H,9-14,16-17H2,1H3,(H,26,27,30). The van der Waals surface area contributed by atoms with Gasteiger partial charge in [0, 0.05) is 49.6 Å². The molecule has 1 amide bonds. The molecule has 2 aromatic carbocycles. The summed E-state index contributed by atoms with van der Waals surface area (Å²) in [6.07, 6.45) is 0.834. The monoisotopic (exact) mass is 512 g/mol. The van der Waals surface area contributed by atoms with Gasteiger partial charge in [-0.2, -0.15) is 4.31 Å². The van der Waals surface area contributed by atoms with Crippen molar-refractivity contribution in [2.24, 2.45) is 0 Å². The molecular formula is C25H28N4O4S2. The third-order valence-corrected chi connectivity index (χ3v) is 9.23. The Morgan fingerprint density at radius 3 is 2.66 bits per heavy atom. The van der Waals surface area contributed by atoms with Gasteiger partial charge in [-0.25, -0.2) is 13.4 Å². The van der Waals surface area contributed by atoms with E-state index in [-0.39, 0.29) is 10.8 Å². The molecule has 0 spiro atoms. The quantitative estimate of drug-likeness (QED) is 0.545. The Kier molecular flexibility index (Phi) is 6.99. The molecule has 1 N–H and O–H groups in total. The Morgan fingerprint density at radius 2 is 1.89 bits per heavy atom. The smallest absolute Gasteiger partial charge is 0.257 e. The second-order valence-electron chi connectivity index (χ2n) is 8.78. The molecule has 1 fully saturated rings. The van der Waals surface area contributed by atoms with Crippen molar-refractivity contribution in [1.82, 2.24) is 14.2 Å². The number of ether oxygens (including phenoxy) is 1. The van der Waals surface area contributed by atoms with Gasteiger partial charge in [-0.3, -0.25) is 15.0 Å². The summed E-state index contributed by atoms with van der Waals surface area (Å²) in [6, 6.07) is 15.1. The average Bonchev–Trinajstić information content (AvgIpc) is 3.26. The van der Waals surface area contributed by atoms with Crippen LogP contribution in [0.25, 0.3) is 0 Å². The van der Waals surface area contributed by atoms with Crippen molar-refractivity contribution in [2.45, 2.75) is 31.3 Å². The highest BCUT2D eigenvalue weighted by Crippen LogP contribution is 2.30. The number of aryl methyl sites for hydroxylation is 1. The summed E-state index contributed by atoms with van der Waals surface area (Å²) in [6.45, 7) is 5.75. The first kappa shape index (κ1) is 24.1. The Bertz CT molecular complexity index is 1320. The van der Waals surface area contributed by atoms with Gasteiger partial charge >= 0.3 is 0 Å². The van der Waals surface area contributed by atoms with E-state index in [1.165, 1.54) is 27.3 Å². The van der Waals surface area contributed by atoms with E-state index < -0.39 is 10.0 Å². The minimum atomic E-state index is -3.69. The molecule has 0 saturated carbocycles. The van der Waals surface area contributed by atoms with Crippen LogP contribution in [0, 0.1) is 6.92 Å². The minimum Gasteiger partial charge on any atom is -0.379 e. The lowest BCUT2D eigenvalue weighted by atomic mass is 10.1. The zero-order valence-corrected chi connectivity index (χ0v) is 21.2. The van der Waals surface area contributed by atoms with E-state index in [9.17, 15) is 13.2 Å². The van der Waals surface area contributed by atoms with Crippen LogP contribution in [-0.4, -0.2) is 61.4 Å². The molecule has 184 valence electrons. The van der Waals surface area contributed by atoms with Crippen LogP contribution in [0.3, 0.4) is 0 Å². The van der Waals surface area contributed by atoms with Gasteiger partial charge in [-0.15, -0.1) is 11.3 Å². The number of sulfonamides is 1. The van der Waals surface area contributed by atoms with Crippen LogP contribution in [0.15, 0.2) is 53.4 Å². The number of anilines is 1. The molecule has 0 radical (unpaired) electrons. The SMILES string of the molecule is Cc1ccc(S(=O)(=O)N2CCOCC2)cc1C(=O)Nc1nc2c(s1)CN(Cc1ccccc1)CC2. The molecule has 2 aliphatic rings. The maximum atomic E-state index is 13.1. The second-order valence-corrected chi connectivity index (χ2v) is 11.8. The van der Waals surface area contributed by atoms with Crippen molar-refractivity contribution >= 4 is 32.4 Å². The zero-order valence-electron chi connectivity index (χ0n) is 19.6. The van der Waals surface area contributed by atoms with Crippen LogP contribution in [0.1, 0.15) is 32.1 Å². The first-order valence-corrected chi connectivity index (χ1v) is 13.9. The van der Waals surface area contributed by atoms with Crippen LogP contribution in [0.4, 0.5) is 5.13 Å². The van der Waals surface area contributed by atoms with Gasteiger partial charge in [0.1, 0.15) is 0 Å². The predicted octanol–water partition coefficient (Wildman–Crippen LogP) is 3.28. The predicted molar refractivity (Wildman–Crippen MR) is 135 cm³/mol. The molecule has 0 aliphatic carbocycles. The highest BCUT2D eigenvalue weighted by atomic mass is 32.2. The number of benzene rings is 2. The molecule has 5 rings (SSSR count). The number of hydrogen-bond acceptors (Lipinski definition) is 7. The summed E-state index contributed by atoms with van der Waals surface area (Å²) in [5.41, 5.74) is 3.34. The van der Waals surface area contributed by atoms with E-state index >= 15 is 0 Å². The summed E-state index contributed by atoms with van der Waals surface area (Å²) in [5.74, 6) is -0.353. The maximum absolute atomic E-state index is 13.1. The number of carbonyl (C=O) groups is 1. The molecule has 2 aliphatic heterocycles. The van der Waals surface area contributed by atoms with E-state index in [4.69, 9.17) is 4.74 Å². The van der Waals surface area contributed by atoms with Crippen LogP contribution in [0.2, 0.25) is 0 Å². The fraction of sp³-hybridized carbons (Fsp3) is 0.360. The summed E-state index contributed by atoms with van der Waals surface area (Å²) >= 11 is 1.49. The van der Waals surface area contributed by atoms with Crippen LogP contribution >= 0.6 is 11.3 Å². The van der Waals surface area contributed by atoms with Gasteiger partial charge < -0.3 is 4.74 Å². The fourth-order valence-corrected chi connectivity index (χ4v) is 6.87. The number of nitrogens with one attached hydrogen (secondary N) is 1. The van der Waals surface area contributed by atoms with E-state index in [1.807, 2.05) is 18.2 Å². The third-order valence-electron chi connectivity index (χ3n) is 6.34. The van der Waals surface area contributed by atoms with Gasteiger partial charge in [-0.1, -0.05) is 36.4 Å². The van der Waals surface area contributed by atoms with Crippen molar-refractivity contribution in [3.8, 4) is 0 Å². The Labute approximate surface area is 209 Å². The summed E-state index contributed by atoms with van der Waals surface area (Å²) in [5, 5.41) is 3.44. The number of hydrogen-bond donors (Lipinski definition) is 1. The van der Waals surface area contributed by atoms with Crippen molar-refractivity contribution in [3.63, 3.8) is 0 Å². The second kappa shape index (κ2) is 10.2. The Hall–Kier alpha value is -2.63. The van der Waals surface area contributed by atoms with Crippen LogP contribution in [-0.2, 0) is 34.3 Å². The molecule has 1 saturated heterocycles. The number of nitrogens with zero attached hydrogens (tertiary/aromatic N) is 3. The topological polar surface area (TPSA) is 91.8 Å². The van der Waals surface area contributed by atoms with Crippen LogP contribution < -0.4 is 5.32 Å². The number of carbonyl (C=O) groups excluding carboxylic acids is 1. The molecule has 10 heteroatoms. The lowest BCUT2D eigenvalue weighted by Gasteiger charge is -2.26. The van der Waals surface area contributed by atoms with Crippen LogP contribution in [0.5, 0.6) is 0 Å². The molecule has 3 aromatic rings. The van der Waals surface area contributed by atoms with Crippen molar-refractivity contribution in [2.75, 3.05) is 38.2 Å². The maximum Gasteiger partial charge on any atom is 0.257 e.